The van der Waals surface area contributed by atoms with E-state index in [0.717, 1.165) is 41.1 Å². The number of aromatic nitrogens is 4. The summed E-state index contributed by atoms with van der Waals surface area (Å²) in [5, 5.41) is 21.1. The Labute approximate surface area is 149 Å². The van der Waals surface area contributed by atoms with Gasteiger partial charge in [-0.3, -0.25) is 4.40 Å². The van der Waals surface area contributed by atoms with Crippen molar-refractivity contribution in [1.82, 2.24) is 19.6 Å². The number of nitrogens with one attached hydrogen (secondary N) is 1. The predicted octanol–water partition coefficient (Wildman–Crippen LogP) is 3.54. The summed E-state index contributed by atoms with van der Waals surface area (Å²) in [5.41, 5.74) is 3.92. The van der Waals surface area contributed by atoms with Crippen molar-refractivity contribution in [2.24, 2.45) is 0 Å². The molecule has 5 rings (SSSR count). The molecule has 1 saturated carbocycles. The monoisotopic (exact) mass is 344 g/mol. The number of pyridine rings is 1. The Morgan fingerprint density at radius 2 is 2.15 bits per heavy atom. The van der Waals surface area contributed by atoms with E-state index in [1.165, 1.54) is 0 Å². The van der Waals surface area contributed by atoms with E-state index in [9.17, 15) is 5.26 Å². The average Bonchev–Trinajstić information content (AvgIpc) is 3.26. The molecule has 0 atom stereocenters. The van der Waals surface area contributed by atoms with Crippen LogP contribution in [0.2, 0.25) is 0 Å². The molecule has 1 aliphatic rings. The highest BCUT2D eigenvalue weighted by Crippen LogP contribution is 2.39. The number of hydrogen-bond donors (Lipinski definition) is 1. The van der Waals surface area contributed by atoms with Crippen LogP contribution < -0.4 is 5.32 Å². The number of hydrogen-bond acceptors (Lipinski definition) is 6. The summed E-state index contributed by atoms with van der Waals surface area (Å²) in [6.07, 6.45) is 2.26. The van der Waals surface area contributed by atoms with E-state index in [2.05, 4.69) is 26.6 Å². The summed E-state index contributed by atoms with van der Waals surface area (Å²) in [6.45, 7) is 2.34. The van der Waals surface area contributed by atoms with Crippen LogP contribution in [0.25, 0.3) is 16.7 Å². The Balaban J connectivity index is 1.58. The maximum absolute atomic E-state index is 9.54. The van der Waals surface area contributed by atoms with Crippen LogP contribution in [-0.4, -0.2) is 19.6 Å². The van der Waals surface area contributed by atoms with Crippen molar-refractivity contribution in [3.63, 3.8) is 0 Å². The van der Waals surface area contributed by atoms with Gasteiger partial charge in [-0.15, -0.1) is 10.2 Å². The number of benzene rings is 1. The van der Waals surface area contributed by atoms with Crippen molar-refractivity contribution >= 4 is 22.5 Å². The predicted molar refractivity (Wildman–Crippen MR) is 95.7 cm³/mol. The van der Waals surface area contributed by atoms with Crippen LogP contribution in [-0.2, 0) is 6.54 Å². The van der Waals surface area contributed by atoms with Gasteiger partial charge in [-0.25, -0.2) is 4.98 Å². The van der Waals surface area contributed by atoms with Gasteiger partial charge in [-0.05, 0) is 43.5 Å². The number of imidazole rings is 1. The van der Waals surface area contributed by atoms with Crippen LogP contribution in [0.5, 0.6) is 0 Å². The quantitative estimate of drug-likeness (QED) is 0.609. The van der Waals surface area contributed by atoms with Crippen molar-refractivity contribution in [3.05, 3.63) is 53.2 Å². The van der Waals surface area contributed by atoms with Crippen molar-refractivity contribution < 1.29 is 4.42 Å². The summed E-state index contributed by atoms with van der Waals surface area (Å²) >= 11 is 0. The van der Waals surface area contributed by atoms with E-state index in [1.54, 1.807) is 0 Å². The molecule has 26 heavy (non-hydrogen) atoms. The van der Waals surface area contributed by atoms with Gasteiger partial charge < -0.3 is 9.73 Å². The fourth-order valence-corrected chi connectivity index (χ4v) is 3.22. The zero-order chi connectivity index (χ0) is 17.7. The fraction of sp³-hybridized carbons (Fsp3) is 0.263. The lowest BCUT2D eigenvalue weighted by Gasteiger charge is -2.11. The standard InChI is InChI=1S/C19H16N6O/c1-11-8-16(21-10-17-23-24-19(26-17)12-6-7-12)25-15-5-3-2-4-14(15)22-18(25)13(11)9-20/h2-5,8,12,21H,6-7,10H2,1H3. The van der Waals surface area contributed by atoms with Crippen molar-refractivity contribution in [2.45, 2.75) is 32.2 Å². The minimum absolute atomic E-state index is 0.423. The Bertz CT molecular complexity index is 1180. The summed E-state index contributed by atoms with van der Waals surface area (Å²) in [6, 6.07) is 12.1. The normalized spacial score (nSPS) is 14.0. The van der Waals surface area contributed by atoms with E-state index in [4.69, 9.17) is 4.42 Å². The minimum Gasteiger partial charge on any atom is -0.423 e. The first-order valence-electron chi connectivity index (χ1n) is 8.61. The smallest absolute Gasteiger partial charge is 0.235 e. The summed E-state index contributed by atoms with van der Waals surface area (Å²) < 4.78 is 7.69. The largest absolute Gasteiger partial charge is 0.423 e. The summed E-state index contributed by atoms with van der Waals surface area (Å²) in [7, 11) is 0. The van der Waals surface area contributed by atoms with Gasteiger partial charge in [0.25, 0.3) is 0 Å². The highest BCUT2D eigenvalue weighted by Gasteiger charge is 2.29. The first-order valence-corrected chi connectivity index (χ1v) is 8.61. The number of nitrogens with zero attached hydrogens (tertiary/aromatic N) is 5. The van der Waals surface area contributed by atoms with Gasteiger partial charge >= 0.3 is 0 Å². The molecule has 3 heterocycles. The Morgan fingerprint density at radius 3 is 2.96 bits per heavy atom. The average molecular weight is 344 g/mol. The molecule has 1 aromatic carbocycles. The molecule has 0 spiro atoms. The molecular weight excluding hydrogens is 328 g/mol. The van der Waals surface area contributed by atoms with Crippen LogP contribution in [0.15, 0.2) is 34.7 Å². The fourth-order valence-electron chi connectivity index (χ4n) is 3.22. The van der Waals surface area contributed by atoms with Crippen molar-refractivity contribution in [1.29, 1.82) is 5.26 Å². The minimum atomic E-state index is 0.423. The van der Waals surface area contributed by atoms with E-state index in [-0.39, 0.29) is 0 Å². The van der Waals surface area contributed by atoms with Gasteiger partial charge in [0.15, 0.2) is 5.65 Å². The lowest BCUT2D eigenvalue weighted by molar-refractivity contribution is 0.457. The van der Waals surface area contributed by atoms with E-state index >= 15 is 0 Å². The van der Waals surface area contributed by atoms with Gasteiger partial charge in [0.1, 0.15) is 11.9 Å². The number of para-hydroxylation sites is 2. The molecule has 1 aliphatic carbocycles. The molecule has 1 N–H and O–H groups in total. The number of nitriles is 1. The van der Waals surface area contributed by atoms with Gasteiger partial charge in [0.2, 0.25) is 11.8 Å². The molecule has 0 radical (unpaired) electrons. The second kappa shape index (κ2) is 5.56. The van der Waals surface area contributed by atoms with E-state index in [0.29, 0.717) is 29.6 Å². The topological polar surface area (TPSA) is 92.0 Å². The zero-order valence-corrected chi connectivity index (χ0v) is 14.2. The molecule has 7 nitrogen and oxygen atoms in total. The highest BCUT2D eigenvalue weighted by molar-refractivity contribution is 5.85. The Hall–Kier alpha value is -3.40. The SMILES string of the molecule is Cc1cc(NCc2nnc(C3CC3)o2)n2c(nc3ccccc32)c1C#N. The van der Waals surface area contributed by atoms with Gasteiger partial charge in [0, 0.05) is 5.92 Å². The molecule has 7 heteroatoms. The molecule has 4 aromatic rings. The first-order chi connectivity index (χ1) is 12.7. The first kappa shape index (κ1) is 14.9. The van der Waals surface area contributed by atoms with Gasteiger partial charge in [-0.2, -0.15) is 5.26 Å². The molecule has 0 unspecified atom stereocenters. The van der Waals surface area contributed by atoms with Crippen LogP contribution >= 0.6 is 0 Å². The maximum Gasteiger partial charge on any atom is 0.235 e. The van der Waals surface area contributed by atoms with Crippen LogP contribution in [0.1, 0.15) is 41.7 Å². The second-order valence-corrected chi connectivity index (χ2v) is 6.62. The van der Waals surface area contributed by atoms with Crippen molar-refractivity contribution in [2.75, 3.05) is 5.32 Å². The number of aryl methyl sites for hydroxylation is 1. The molecule has 0 bridgehead atoms. The summed E-state index contributed by atoms with van der Waals surface area (Å²) in [5.74, 6) is 2.58. The molecular formula is C19H16N6O. The van der Waals surface area contributed by atoms with Crippen molar-refractivity contribution in [3.8, 4) is 6.07 Å². The number of anilines is 1. The third-order valence-corrected chi connectivity index (χ3v) is 4.71. The third-order valence-electron chi connectivity index (χ3n) is 4.71. The number of fused-ring (bicyclic) bond motifs is 3. The highest BCUT2D eigenvalue weighted by atomic mass is 16.4. The Kier molecular flexibility index (Phi) is 3.19. The van der Waals surface area contributed by atoms with E-state index < -0.39 is 0 Å². The van der Waals surface area contributed by atoms with Crippen LogP contribution in [0.4, 0.5) is 5.82 Å². The van der Waals surface area contributed by atoms with Crippen LogP contribution in [0.3, 0.4) is 0 Å². The van der Waals surface area contributed by atoms with Gasteiger partial charge in [-0.1, -0.05) is 12.1 Å². The third kappa shape index (κ3) is 2.30. The number of rotatable bonds is 4. The molecule has 0 saturated heterocycles. The van der Waals surface area contributed by atoms with E-state index in [1.807, 2.05) is 41.7 Å². The lowest BCUT2D eigenvalue weighted by atomic mass is 10.1. The van der Waals surface area contributed by atoms with Gasteiger partial charge in [0.05, 0.1) is 23.1 Å². The maximum atomic E-state index is 9.54. The zero-order valence-electron chi connectivity index (χ0n) is 14.2. The lowest BCUT2D eigenvalue weighted by Crippen LogP contribution is -2.06. The molecule has 0 amide bonds. The van der Waals surface area contributed by atoms with Crippen LogP contribution in [0, 0.1) is 18.3 Å². The molecule has 1 fully saturated rings. The molecule has 3 aromatic heterocycles. The second-order valence-electron chi connectivity index (χ2n) is 6.62. The molecule has 0 aliphatic heterocycles. The summed E-state index contributed by atoms with van der Waals surface area (Å²) in [4.78, 5) is 4.65. The Morgan fingerprint density at radius 1 is 1.31 bits per heavy atom. The molecule has 128 valence electrons.